The van der Waals surface area contributed by atoms with E-state index in [4.69, 9.17) is 4.74 Å². The van der Waals surface area contributed by atoms with Gasteiger partial charge in [0.2, 0.25) is 0 Å². The van der Waals surface area contributed by atoms with Crippen molar-refractivity contribution in [1.82, 2.24) is 19.5 Å². The molecule has 1 saturated heterocycles. The third kappa shape index (κ3) is 3.55. The van der Waals surface area contributed by atoms with Crippen molar-refractivity contribution in [1.29, 1.82) is 0 Å². The van der Waals surface area contributed by atoms with Crippen LogP contribution >= 0.6 is 11.8 Å². The molecule has 1 fully saturated rings. The largest absolute Gasteiger partial charge is 0.394 e. The normalized spacial score (nSPS) is 25.6. The molecular formula is C16H23N5O4S. The summed E-state index contributed by atoms with van der Waals surface area (Å²) >= 11 is 1.39. The maximum atomic E-state index is 10.3. The van der Waals surface area contributed by atoms with Gasteiger partial charge in [-0.25, -0.2) is 15.0 Å². The van der Waals surface area contributed by atoms with E-state index in [0.717, 1.165) is 0 Å². The molecule has 4 atom stereocenters. The van der Waals surface area contributed by atoms with E-state index in [0.29, 0.717) is 28.7 Å². The Balaban J connectivity index is 1.99. The smallest absolute Gasteiger partial charge is 0.191 e. The monoisotopic (exact) mass is 381 g/mol. The lowest BCUT2D eigenvalue weighted by molar-refractivity contribution is -0.0511. The SMILES string of the molecule is CSc1nc(NCC=C(C)C)c2ncn([C@@H]3O[C@H](CO)C(O)C3O)c2n1. The molecule has 2 unspecified atom stereocenters. The van der Waals surface area contributed by atoms with Gasteiger partial charge in [-0.15, -0.1) is 0 Å². The molecule has 3 rings (SSSR count). The Labute approximate surface area is 155 Å². The number of hydrogen-bond acceptors (Lipinski definition) is 9. The van der Waals surface area contributed by atoms with Crippen LogP contribution in [-0.4, -0.2) is 72.6 Å². The van der Waals surface area contributed by atoms with Gasteiger partial charge in [-0.1, -0.05) is 23.4 Å². The van der Waals surface area contributed by atoms with Crippen LogP contribution in [0.1, 0.15) is 20.1 Å². The minimum atomic E-state index is -1.20. The number of nitrogens with zero attached hydrogens (tertiary/aromatic N) is 4. The van der Waals surface area contributed by atoms with E-state index < -0.39 is 24.5 Å². The molecule has 9 nitrogen and oxygen atoms in total. The van der Waals surface area contributed by atoms with Gasteiger partial charge >= 0.3 is 0 Å². The molecule has 4 N–H and O–H groups in total. The highest BCUT2D eigenvalue weighted by molar-refractivity contribution is 7.98. The average Bonchev–Trinajstić information content (AvgIpc) is 3.16. The van der Waals surface area contributed by atoms with E-state index in [1.165, 1.54) is 23.7 Å². The van der Waals surface area contributed by atoms with Gasteiger partial charge in [0, 0.05) is 6.54 Å². The third-order valence-electron chi connectivity index (χ3n) is 4.15. The van der Waals surface area contributed by atoms with Crippen LogP contribution in [-0.2, 0) is 4.74 Å². The first-order valence-electron chi connectivity index (χ1n) is 8.24. The number of fused-ring (bicyclic) bond motifs is 1. The van der Waals surface area contributed by atoms with Crippen molar-refractivity contribution >= 4 is 28.7 Å². The summed E-state index contributed by atoms with van der Waals surface area (Å²) in [5, 5.41) is 33.3. The van der Waals surface area contributed by atoms with Gasteiger partial charge in [0.1, 0.15) is 18.3 Å². The number of aromatic nitrogens is 4. The fourth-order valence-electron chi connectivity index (χ4n) is 2.76. The highest BCUT2D eigenvalue weighted by Crippen LogP contribution is 2.32. The average molecular weight is 381 g/mol. The summed E-state index contributed by atoms with van der Waals surface area (Å²) in [5.74, 6) is 0.586. The van der Waals surface area contributed by atoms with Gasteiger partial charge in [-0.05, 0) is 20.1 Å². The van der Waals surface area contributed by atoms with E-state index in [-0.39, 0.29) is 6.61 Å². The summed E-state index contributed by atoms with van der Waals surface area (Å²) in [7, 11) is 0. The summed E-state index contributed by atoms with van der Waals surface area (Å²) in [4.78, 5) is 13.3. The number of rotatable bonds is 6. The maximum Gasteiger partial charge on any atom is 0.191 e. The number of ether oxygens (including phenoxy) is 1. The second-order valence-electron chi connectivity index (χ2n) is 6.27. The molecule has 0 aliphatic carbocycles. The first-order chi connectivity index (χ1) is 12.5. The van der Waals surface area contributed by atoms with E-state index in [9.17, 15) is 15.3 Å². The lowest BCUT2D eigenvalue weighted by Crippen LogP contribution is -2.33. The van der Waals surface area contributed by atoms with Gasteiger partial charge in [-0.2, -0.15) is 0 Å². The Bertz CT molecular complexity index is 807. The standard InChI is InChI=1S/C16H23N5O4S/c1-8(2)4-5-17-13-10-14(20-16(19-13)26-3)21(7-18-10)15-12(24)11(23)9(6-22)25-15/h4,7,9,11-12,15,22-24H,5-6H2,1-3H3,(H,17,19,20)/t9-,11?,12?,15-/m1/s1. The molecule has 0 spiro atoms. The zero-order valence-electron chi connectivity index (χ0n) is 14.8. The molecule has 0 radical (unpaired) electrons. The number of aliphatic hydroxyl groups excluding tert-OH is 3. The van der Waals surface area contributed by atoms with Gasteiger partial charge in [-0.3, -0.25) is 4.57 Å². The van der Waals surface area contributed by atoms with Crippen LogP contribution in [0, 0.1) is 0 Å². The molecule has 26 heavy (non-hydrogen) atoms. The molecule has 10 heteroatoms. The molecule has 0 amide bonds. The minimum absolute atomic E-state index is 0.387. The molecule has 2 aromatic heterocycles. The number of anilines is 1. The molecule has 0 bridgehead atoms. The van der Waals surface area contributed by atoms with Crippen LogP contribution in [0.4, 0.5) is 5.82 Å². The highest BCUT2D eigenvalue weighted by atomic mass is 32.2. The van der Waals surface area contributed by atoms with Crippen LogP contribution in [0.5, 0.6) is 0 Å². The highest BCUT2D eigenvalue weighted by Gasteiger charge is 2.44. The second-order valence-corrected chi connectivity index (χ2v) is 7.05. The summed E-state index contributed by atoms with van der Waals surface area (Å²) in [6.07, 6.45) is 1.28. The Morgan fingerprint density at radius 2 is 2.12 bits per heavy atom. The predicted octanol–water partition coefficient (Wildman–Crippen LogP) is 0.538. The third-order valence-corrected chi connectivity index (χ3v) is 4.70. The molecule has 2 aromatic rings. The first kappa shape index (κ1) is 19.1. The zero-order chi connectivity index (χ0) is 18.8. The van der Waals surface area contributed by atoms with Gasteiger partial charge in [0.05, 0.1) is 12.9 Å². The number of thioether (sulfide) groups is 1. The number of aliphatic hydroxyl groups is 3. The topological polar surface area (TPSA) is 126 Å². The van der Waals surface area contributed by atoms with Crippen molar-refractivity contribution in [3.8, 4) is 0 Å². The number of hydrogen-bond donors (Lipinski definition) is 4. The zero-order valence-corrected chi connectivity index (χ0v) is 15.6. The van der Waals surface area contributed by atoms with E-state index >= 15 is 0 Å². The second kappa shape index (κ2) is 7.89. The predicted molar refractivity (Wildman–Crippen MR) is 98.0 cm³/mol. The molecule has 142 valence electrons. The lowest BCUT2D eigenvalue weighted by Gasteiger charge is -2.17. The Hall–Kier alpha value is -1.72. The Kier molecular flexibility index (Phi) is 5.78. The van der Waals surface area contributed by atoms with Crippen LogP contribution in [0.25, 0.3) is 11.2 Å². The molecule has 1 aliphatic heterocycles. The molecule has 0 aromatic carbocycles. The molecular weight excluding hydrogens is 358 g/mol. The van der Waals surface area contributed by atoms with Crippen LogP contribution in [0.3, 0.4) is 0 Å². The van der Waals surface area contributed by atoms with Gasteiger partial charge < -0.3 is 25.4 Å². The van der Waals surface area contributed by atoms with Crippen molar-refractivity contribution in [2.45, 2.75) is 43.5 Å². The summed E-state index contributed by atoms with van der Waals surface area (Å²) in [6, 6.07) is 0. The van der Waals surface area contributed by atoms with Crippen LogP contribution in [0.15, 0.2) is 23.1 Å². The molecule has 1 aliphatic rings. The van der Waals surface area contributed by atoms with Crippen LogP contribution in [0.2, 0.25) is 0 Å². The Morgan fingerprint density at radius 1 is 1.35 bits per heavy atom. The van der Waals surface area contributed by atoms with E-state index in [1.54, 1.807) is 4.57 Å². The van der Waals surface area contributed by atoms with Gasteiger partial charge in [0.15, 0.2) is 28.4 Å². The van der Waals surface area contributed by atoms with Crippen molar-refractivity contribution in [2.75, 3.05) is 24.7 Å². The van der Waals surface area contributed by atoms with Crippen LogP contribution < -0.4 is 5.32 Å². The number of imidazole rings is 1. The van der Waals surface area contributed by atoms with Crippen molar-refractivity contribution in [3.63, 3.8) is 0 Å². The summed E-state index contributed by atoms with van der Waals surface area (Å²) in [5.41, 5.74) is 2.21. The maximum absolute atomic E-state index is 10.3. The van der Waals surface area contributed by atoms with E-state index in [2.05, 4.69) is 20.3 Å². The minimum Gasteiger partial charge on any atom is -0.394 e. The lowest BCUT2D eigenvalue weighted by atomic mass is 10.1. The molecule has 0 saturated carbocycles. The fourth-order valence-corrected chi connectivity index (χ4v) is 3.12. The van der Waals surface area contributed by atoms with Crippen molar-refractivity contribution in [3.05, 3.63) is 18.0 Å². The van der Waals surface area contributed by atoms with E-state index in [1.807, 2.05) is 26.2 Å². The van der Waals surface area contributed by atoms with Gasteiger partial charge in [0.25, 0.3) is 0 Å². The summed E-state index contributed by atoms with van der Waals surface area (Å²) < 4.78 is 7.15. The molecule has 3 heterocycles. The number of nitrogens with one attached hydrogen (secondary N) is 1. The first-order valence-corrected chi connectivity index (χ1v) is 9.47. The van der Waals surface area contributed by atoms with Crippen molar-refractivity contribution < 1.29 is 20.1 Å². The Morgan fingerprint density at radius 3 is 2.73 bits per heavy atom. The number of allylic oxidation sites excluding steroid dienone is 1. The van der Waals surface area contributed by atoms with Crippen molar-refractivity contribution in [2.24, 2.45) is 0 Å². The fraction of sp³-hybridized carbons (Fsp3) is 0.562. The quantitative estimate of drug-likeness (QED) is 0.322. The summed E-state index contributed by atoms with van der Waals surface area (Å²) in [6.45, 7) is 4.24.